The molecule has 0 aromatic carbocycles. The molecular weight excluding hydrogens is 170 g/mol. The molecule has 1 aromatic heterocycles. The largest absolute Gasteiger partial charge is 0.481 e. The summed E-state index contributed by atoms with van der Waals surface area (Å²) in [6, 6.07) is 0. The third kappa shape index (κ3) is 3.71. The number of aliphatic carboxylic acids is 1. The van der Waals surface area contributed by atoms with Crippen molar-refractivity contribution in [3.63, 3.8) is 0 Å². The van der Waals surface area contributed by atoms with E-state index in [4.69, 9.17) is 5.11 Å². The molecule has 3 N–H and O–H groups in total. The van der Waals surface area contributed by atoms with Gasteiger partial charge in [0.2, 0.25) is 0 Å². The van der Waals surface area contributed by atoms with Crippen molar-refractivity contribution < 1.29 is 9.90 Å². The Bertz CT molecular complexity index is 283. The van der Waals surface area contributed by atoms with Gasteiger partial charge in [-0.3, -0.25) is 4.79 Å². The molecule has 0 atom stereocenters. The molecule has 0 aliphatic carbocycles. The zero-order chi connectivity index (χ0) is 9.68. The van der Waals surface area contributed by atoms with E-state index in [1.165, 1.54) is 0 Å². The molecule has 1 aromatic rings. The van der Waals surface area contributed by atoms with Gasteiger partial charge in [0, 0.05) is 25.0 Å². The Balaban J connectivity index is 2.16. The molecule has 13 heavy (non-hydrogen) atoms. The fourth-order valence-electron chi connectivity index (χ4n) is 0.980. The first kappa shape index (κ1) is 9.73. The lowest BCUT2D eigenvalue weighted by molar-refractivity contribution is -0.136. The second-order valence-electron chi connectivity index (χ2n) is 2.81. The van der Waals surface area contributed by atoms with Crippen LogP contribution in [0, 0.1) is 6.92 Å². The first-order valence-electron chi connectivity index (χ1n) is 4.11. The summed E-state index contributed by atoms with van der Waals surface area (Å²) in [5.41, 5.74) is 0.975. The Kier molecular flexibility index (Phi) is 3.45. The second kappa shape index (κ2) is 4.61. The molecule has 0 aliphatic rings. The SMILES string of the molecule is Cc1ncc(CNCCC(=O)O)[nH]1. The molecule has 1 heterocycles. The molecule has 0 unspecified atom stereocenters. The number of rotatable bonds is 5. The lowest BCUT2D eigenvalue weighted by Crippen LogP contribution is -2.17. The van der Waals surface area contributed by atoms with Crippen molar-refractivity contribution in [2.24, 2.45) is 0 Å². The number of aryl methyl sites for hydroxylation is 1. The standard InChI is InChI=1S/C8H13N3O2/c1-6-10-5-7(11-6)4-9-3-2-8(12)13/h5,9H,2-4H2,1H3,(H,10,11)(H,12,13). The first-order valence-corrected chi connectivity index (χ1v) is 4.11. The summed E-state index contributed by atoms with van der Waals surface area (Å²) in [6.07, 6.45) is 1.89. The average Bonchev–Trinajstić information content (AvgIpc) is 2.45. The number of carboxylic acid groups (broad SMARTS) is 1. The number of nitrogens with zero attached hydrogens (tertiary/aromatic N) is 1. The van der Waals surface area contributed by atoms with E-state index in [1.54, 1.807) is 6.20 Å². The monoisotopic (exact) mass is 183 g/mol. The number of imidazole rings is 1. The van der Waals surface area contributed by atoms with Crippen molar-refractivity contribution in [1.82, 2.24) is 15.3 Å². The van der Waals surface area contributed by atoms with E-state index in [1.807, 2.05) is 6.92 Å². The summed E-state index contributed by atoms with van der Waals surface area (Å²) in [6.45, 7) is 2.99. The smallest absolute Gasteiger partial charge is 0.304 e. The minimum Gasteiger partial charge on any atom is -0.481 e. The Hall–Kier alpha value is -1.36. The summed E-state index contributed by atoms with van der Waals surface area (Å²) >= 11 is 0. The fraction of sp³-hybridized carbons (Fsp3) is 0.500. The predicted octanol–water partition coefficient (Wildman–Crippen LogP) is 0.282. The summed E-state index contributed by atoms with van der Waals surface area (Å²) in [5.74, 6) is 0.0864. The molecule has 0 aliphatic heterocycles. The number of nitrogens with one attached hydrogen (secondary N) is 2. The molecule has 0 saturated heterocycles. The molecule has 1 rings (SSSR count). The molecule has 0 fully saturated rings. The van der Waals surface area contributed by atoms with Gasteiger partial charge in [-0.1, -0.05) is 0 Å². The summed E-state index contributed by atoms with van der Waals surface area (Å²) in [5, 5.41) is 11.3. The van der Waals surface area contributed by atoms with Gasteiger partial charge in [-0.2, -0.15) is 0 Å². The minimum absolute atomic E-state index is 0.146. The highest BCUT2D eigenvalue weighted by molar-refractivity contribution is 5.66. The van der Waals surface area contributed by atoms with Crippen molar-refractivity contribution in [2.75, 3.05) is 6.54 Å². The van der Waals surface area contributed by atoms with Crippen molar-refractivity contribution in [3.05, 3.63) is 17.7 Å². The van der Waals surface area contributed by atoms with Gasteiger partial charge in [0.1, 0.15) is 5.82 Å². The third-order valence-electron chi connectivity index (χ3n) is 1.59. The number of carboxylic acids is 1. The Morgan fingerprint density at radius 2 is 2.54 bits per heavy atom. The van der Waals surface area contributed by atoms with Gasteiger partial charge in [-0.15, -0.1) is 0 Å². The Morgan fingerprint density at radius 3 is 3.08 bits per heavy atom. The zero-order valence-electron chi connectivity index (χ0n) is 7.50. The van der Waals surface area contributed by atoms with E-state index in [0.717, 1.165) is 11.5 Å². The molecule has 0 bridgehead atoms. The average molecular weight is 183 g/mol. The molecule has 0 amide bonds. The van der Waals surface area contributed by atoms with E-state index >= 15 is 0 Å². The number of hydrogen-bond donors (Lipinski definition) is 3. The third-order valence-corrected chi connectivity index (χ3v) is 1.59. The maximum atomic E-state index is 10.2. The van der Waals surface area contributed by atoms with E-state index in [-0.39, 0.29) is 6.42 Å². The van der Waals surface area contributed by atoms with Gasteiger partial charge in [0.25, 0.3) is 0 Å². The maximum Gasteiger partial charge on any atom is 0.304 e. The number of H-pyrrole nitrogens is 1. The topological polar surface area (TPSA) is 78.0 Å². The van der Waals surface area contributed by atoms with Crippen LogP contribution in [0.15, 0.2) is 6.20 Å². The van der Waals surface area contributed by atoms with Crippen LogP contribution in [0.2, 0.25) is 0 Å². The summed E-state index contributed by atoms with van der Waals surface area (Å²) in [4.78, 5) is 17.2. The van der Waals surface area contributed by atoms with Gasteiger partial charge >= 0.3 is 5.97 Å². The van der Waals surface area contributed by atoms with Gasteiger partial charge < -0.3 is 15.4 Å². The molecule has 0 saturated carbocycles. The van der Waals surface area contributed by atoms with Crippen LogP contribution in [-0.2, 0) is 11.3 Å². The van der Waals surface area contributed by atoms with Crippen LogP contribution in [0.1, 0.15) is 17.9 Å². The number of aromatic amines is 1. The zero-order valence-corrected chi connectivity index (χ0v) is 7.50. The van der Waals surface area contributed by atoms with Crippen molar-refractivity contribution >= 4 is 5.97 Å². The molecular formula is C8H13N3O2. The van der Waals surface area contributed by atoms with E-state index in [9.17, 15) is 4.79 Å². The molecule has 0 spiro atoms. The minimum atomic E-state index is -0.784. The maximum absolute atomic E-state index is 10.2. The van der Waals surface area contributed by atoms with Crippen molar-refractivity contribution in [2.45, 2.75) is 19.9 Å². The second-order valence-corrected chi connectivity index (χ2v) is 2.81. The van der Waals surface area contributed by atoms with E-state index in [0.29, 0.717) is 13.1 Å². The number of hydrogen-bond acceptors (Lipinski definition) is 3. The first-order chi connectivity index (χ1) is 6.18. The molecule has 5 heteroatoms. The highest BCUT2D eigenvalue weighted by Crippen LogP contribution is 1.94. The normalized spacial score (nSPS) is 10.2. The summed E-state index contributed by atoms with van der Waals surface area (Å²) < 4.78 is 0. The van der Waals surface area contributed by atoms with E-state index < -0.39 is 5.97 Å². The summed E-state index contributed by atoms with van der Waals surface area (Å²) in [7, 11) is 0. The van der Waals surface area contributed by atoms with Gasteiger partial charge in [0.05, 0.1) is 6.42 Å². The quantitative estimate of drug-likeness (QED) is 0.573. The van der Waals surface area contributed by atoms with Crippen LogP contribution >= 0.6 is 0 Å². The van der Waals surface area contributed by atoms with Crippen LogP contribution in [0.5, 0.6) is 0 Å². The molecule has 5 nitrogen and oxygen atoms in total. The predicted molar refractivity (Wildman–Crippen MR) is 47.3 cm³/mol. The van der Waals surface area contributed by atoms with Gasteiger partial charge in [-0.25, -0.2) is 4.98 Å². The number of carbonyl (C=O) groups is 1. The highest BCUT2D eigenvalue weighted by Gasteiger charge is 1.97. The van der Waals surface area contributed by atoms with Gasteiger partial charge in [-0.05, 0) is 6.92 Å². The van der Waals surface area contributed by atoms with Gasteiger partial charge in [0.15, 0.2) is 0 Å². The molecule has 72 valence electrons. The van der Waals surface area contributed by atoms with Crippen molar-refractivity contribution in [3.8, 4) is 0 Å². The van der Waals surface area contributed by atoms with Crippen molar-refractivity contribution in [1.29, 1.82) is 0 Å². The Morgan fingerprint density at radius 1 is 1.77 bits per heavy atom. The highest BCUT2D eigenvalue weighted by atomic mass is 16.4. The van der Waals surface area contributed by atoms with Crippen LogP contribution in [0.25, 0.3) is 0 Å². The van der Waals surface area contributed by atoms with Crippen LogP contribution < -0.4 is 5.32 Å². The lowest BCUT2D eigenvalue weighted by atomic mass is 10.4. The molecule has 0 radical (unpaired) electrons. The fourth-order valence-corrected chi connectivity index (χ4v) is 0.980. The van der Waals surface area contributed by atoms with Crippen LogP contribution in [-0.4, -0.2) is 27.6 Å². The van der Waals surface area contributed by atoms with Crippen LogP contribution in [0.3, 0.4) is 0 Å². The number of aromatic nitrogens is 2. The van der Waals surface area contributed by atoms with E-state index in [2.05, 4.69) is 15.3 Å². The van der Waals surface area contributed by atoms with Crippen LogP contribution in [0.4, 0.5) is 0 Å². The lowest BCUT2D eigenvalue weighted by Gasteiger charge is -1.99. The Labute approximate surface area is 76.2 Å².